The predicted octanol–water partition coefficient (Wildman–Crippen LogP) is 6.03. The van der Waals surface area contributed by atoms with Crippen LogP contribution in [0, 0.1) is 11.8 Å². The maximum absolute atomic E-state index is 5.78. The summed E-state index contributed by atoms with van der Waals surface area (Å²) in [5.41, 5.74) is 1.46. The van der Waals surface area contributed by atoms with Crippen molar-refractivity contribution in [3.8, 4) is 5.75 Å². The number of ether oxygens (including phenoxy) is 2. The molecule has 2 rings (SSSR count). The zero-order valence-corrected chi connectivity index (χ0v) is 15.8. The van der Waals surface area contributed by atoms with Crippen molar-refractivity contribution in [2.24, 2.45) is 11.8 Å². The second-order valence-corrected chi connectivity index (χ2v) is 7.41. The first-order chi connectivity index (χ1) is 11.8. The molecule has 0 bridgehead atoms. The molecule has 0 radical (unpaired) electrons. The summed E-state index contributed by atoms with van der Waals surface area (Å²) in [7, 11) is 1.75. The zero-order chi connectivity index (χ0) is 17.0. The van der Waals surface area contributed by atoms with Crippen molar-refractivity contribution in [1.29, 1.82) is 0 Å². The SMILES string of the molecule is CCCC1CCC(CCc2ccc(OCCCCOC)cc2)CC1. The maximum atomic E-state index is 5.78. The van der Waals surface area contributed by atoms with E-state index >= 15 is 0 Å². The third-order valence-electron chi connectivity index (χ3n) is 5.44. The van der Waals surface area contributed by atoms with Crippen molar-refractivity contribution in [1.82, 2.24) is 0 Å². The second-order valence-electron chi connectivity index (χ2n) is 7.41. The summed E-state index contributed by atoms with van der Waals surface area (Å²) in [6.07, 6.45) is 13.3. The summed E-state index contributed by atoms with van der Waals surface area (Å²) >= 11 is 0. The number of aryl methyl sites for hydroxylation is 1. The molecule has 1 aliphatic rings. The van der Waals surface area contributed by atoms with Crippen molar-refractivity contribution in [3.63, 3.8) is 0 Å². The molecule has 0 aromatic heterocycles. The van der Waals surface area contributed by atoms with E-state index in [1.807, 2.05) is 0 Å². The molecular weight excluding hydrogens is 296 g/mol. The Bertz CT molecular complexity index is 418. The molecule has 1 aromatic rings. The molecule has 0 amide bonds. The monoisotopic (exact) mass is 332 g/mol. The van der Waals surface area contributed by atoms with Crippen molar-refractivity contribution < 1.29 is 9.47 Å². The van der Waals surface area contributed by atoms with Gasteiger partial charge in [-0.2, -0.15) is 0 Å². The van der Waals surface area contributed by atoms with Crippen molar-refractivity contribution in [3.05, 3.63) is 29.8 Å². The van der Waals surface area contributed by atoms with Crippen LogP contribution in [0.5, 0.6) is 5.75 Å². The molecule has 0 heterocycles. The van der Waals surface area contributed by atoms with E-state index in [1.165, 1.54) is 56.9 Å². The Balaban J connectivity index is 1.61. The summed E-state index contributed by atoms with van der Waals surface area (Å²) in [6.45, 7) is 3.92. The molecule has 0 aliphatic heterocycles. The van der Waals surface area contributed by atoms with E-state index in [0.717, 1.165) is 43.6 Å². The van der Waals surface area contributed by atoms with Gasteiger partial charge in [0.25, 0.3) is 0 Å². The van der Waals surface area contributed by atoms with Crippen LogP contribution < -0.4 is 4.74 Å². The highest BCUT2D eigenvalue weighted by Gasteiger charge is 2.20. The fourth-order valence-electron chi connectivity index (χ4n) is 3.88. The van der Waals surface area contributed by atoms with Gasteiger partial charge in [-0.3, -0.25) is 0 Å². The van der Waals surface area contributed by atoms with Crippen LogP contribution in [0.1, 0.15) is 70.3 Å². The normalized spacial score (nSPS) is 20.9. The lowest BCUT2D eigenvalue weighted by atomic mass is 9.78. The molecule has 0 N–H and O–H groups in total. The third-order valence-corrected chi connectivity index (χ3v) is 5.44. The minimum atomic E-state index is 0.781. The van der Waals surface area contributed by atoms with E-state index in [0.29, 0.717) is 0 Å². The third kappa shape index (κ3) is 7.25. The maximum Gasteiger partial charge on any atom is 0.119 e. The topological polar surface area (TPSA) is 18.5 Å². The van der Waals surface area contributed by atoms with Crippen LogP contribution in [0.3, 0.4) is 0 Å². The molecule has 1 aliphatic carbocycles. The number of unbranched alkanes of at least 4 members (excludes halogenated alkanes) is 1. The van der Waals surface area contributed by atoms with Crippen LogP contribution in [0.2, 0.25) is 0 Å². The number of benzene rings is 1. The number of methoxy groups -OCH3 is 1. The van der Waals surface area contributed by atoms with Crippen molar-refractivity contribution in [2.45, 2.75) is 71.1 Å². The minimum absolute atomic E-state index is 0.781. The molecule has 0 saturated heterocycles. The lowest BCUT2D eigenvalue weighted by molar-refractivity contribution is 0.184. The Morgan fingerprint density at radius 2 is 1.50 bits per heavy atom. The van der Waals surface area contributed by atoms with Gasteiger partial charge in [0, 0.05) is 13.7 Å². The van der Waals surface area contributed by atoms with Crippen LogP contribution in [-0.4, -0.2) is 20.3 Å². The smallest absolute Gasteiger partial charge is 0.119 e. The Kier molecular flexibility index (Phi) is 9.27. The molecule has 0 spiro atoms. The van der Waals surface area contributed by atoms with Gasteiger partial charge in [0.15, 0.2) is 0 Å². The first-order valence-corrected chi connectivity index (χ1v) is 10.0. The van der Waals surface area contributed by atoms with Crippen LogP contribution in [0.25, 0.3) is 0 Å². The van der Waals surface area contributed by atoms with E-state index in [4.69, 9.17) is 9.47 Å². The molecule has 2 nitrogen and oxygen atoms in total. The number of hydrogen-bond donors (Lipinski definition) is 0. The minimum Gasteiger partial charge on any atom is -0.494 e. The Labute approximate surface area is 148 Å². The highest BCUT2D eigenvalue weighted by atomic mass is 16.5. The highest BCUT2D eigenvalue weighted by molar-refractivity contribution is 5.27. The molecule has 0 unspecified atom stereocenters. The molecule has 1 fully saturated rings. The average Bonchev–Trinajstić information content (AvgIpc) is 2.62. The largest absolute Gasteiger partial charge is 0.494 e. The van der Waals surface area contributed by atoms with Gasteiger partial charge in [-0.25, -0.2) is 0 Å². The van der Waals surface area contributed by atoms with E-state index in [-0.39, 0.29) is 0 Å². The van der Waals surface area contributed by atoms with E-state index in [2.05, 4.69) is 31.2 Å². The quantitative estimate of drug-likeness (QED) is 0.460. The van der Waals surface area contributed by atoms with Crippen molar-refractivity contribution in [2.75, 3.05) is 20.3 Å². The van der Waals surface area contributed by atoms with Gasteiger partial charge in [0.1, 0.15) is 5.75 Å². The molecule has 136 valence electrons. The standard InChI is InChI=1S/C22H36O2/c1-3-6-19-7-9-20(10-8-19)11-12-21-13-15-22(16-14-21)24-18-5-4-17-23-2/h13-16,19-20H,3-12,17-18H2,1-2H3. The zero-order valence-electron chi connectivity index (χ0n) is 15.8. The molecule has 24 heavy (non-hydrogen) atoms. The average molecular weight is 333 g/mol. The molecule has 1 aromatic carbocycles. The Hall–Kier alpha value is -1.02. The predicted molar refractivity (Wildman–Crippen MR) is 102 cm³/mol. The summed E-state index contributed by atoms with van der Waals surface area (Å²) in [4.78, 5) is 0. The summed E-state index contributed by atoms with van der Waals surface area (Å²) in [5, 5.41) is 0. The van der Waals surface area contributed by atoms with E-state index in [9.17, 15) is 0 Å². The van der Waals surface area contributed by atoms with Crippen LogP contribution in [0.15, 0.2) is 24.3 Å². The summed E-state index contributed by atoms with van der Waals surface area (Å²) < 4.78 is 10.8. The van der Waals surface area contributed by atoms with Crippen molar-refractivity contribution >= 4 is 0 Å². The fraction of sp³-hybridized carbons (Fsp3) is 0.727. The first-order valence-electron chi connectivity index (χ1n) is 10.0. The molecular formula is C22H36O2. The van der Waals surface area contributed by atoms with Gasteiger partial charge in [-0.15, -0.1) is 0 Å². The van der Waals surface area contributed by atoms with Gasteiger partial charge in [0.05, 0.1) is 6.61 Å². The van der Waals surface area contributed by atoms with Crippen LogP contribution in [0.4, 0.5) is 0 Å². The molecule has 0 atom stereocenters. The van der Waals surface area contributed by atoms with E-state index in [1.54, 1.807) is 7.11 Å². The van der Waals surface area contributed by atoms with Gasteiger partial charge in [-0.05, 0) is 55.2 Å². The summed E-state index contributed by atoms with van der Waals surface area (Å²) in [5.74, 6) is 2.97. The van der Waals surface area contributed by atoms with Gasteiger partial charge in [-0.1, -0.05) is 57.6 Å². The molecule has 1 saturated carbocycles. The number of rotatable bonds is 11. The van der Waals surface area contributed by atoms with Gasteiger partial charge < -0.3 is 9.47 Å². The van der Waals surface area contributed by atoms with Gasteiger partial charge >= 0.3 is 0 Å². The van der Waals surface area contributed by atoms with Gasteiger partial charge in [0.2, 0.25) is 0 Å². The van der Waals surface area contributed by atoms with Crippen LogP contribution in [-0.2, 0) is 11.2 Å². The van der Waals surface area contributed by atoms with E-state index < -0.39 is 0 Å². The fourth-order valence-corrected chi connectivity index (χ4v) is 3.88. The summed E-state index contributed by atoms with van der Waals surface area (Å²) in [6, 6.07) is 8.74. The lowest BCUT2D eigenvalue weighted by Gasteiger charge is -2.28. The Morgan fingerprint density at radius 1 is 0.875 bits per heavy atom. The lowest BCUT2D eigenvalue weighted by Crippen LogP contribution is -2.15. The Morgan fingerprint density at radius 3 is 2.12 bits per heavy atom. The van der Waals surface area contributed by atoms with Crippen LogP contribution >= 0.6 is 0 Å². The molecule has 2 heteroatoms. The highest BCUT2D eigenvalue weighted by Crippen LogP contribution is 2.33. The number of hydrogen-bond acceptors (Lipinski definition) is 2. The second kappa shape index (κ2) is 11.5. The first kappa shape index (κ1) is 19.3.